The molecule has 0 aliphatic carbocycles. The Balaban J connectivity index is 4.52. The molecule has 25 heteroatoms. The Labute approximate surface area is 569 Å². The van der Waals surface area contributed by atoms with Gasteiger partial charge in [-0.25, -0.2) is 0 Å². The van der Waals surface area contributed by atoms with Gasteiger partial charge >= 0.3 is 0 Å². The van der Waals surface area contributed by atoms with E-state index in [4.69, 9.17) is 0 Å². The number of nitrogens with zero attached hydrogens (tertiary/aromatic N) is 7. The highest BCUT2D eigenvalue weighted by Gasteiger charge is 2.45. The van der Waals surface area contributed by atoms with Gasteiger partial charge in [-0.05, 0) is 127 Å². The van der Waals surface area contributed by atoms with Gasteiger partial charge in [-0.15, -0.1) is 0 Å². The van der Waals surface area contributed by atoms with Gasteiger partial charge in [-0.3, -0.25) is 52.7 Å². The monoisotopic (exact) mass is 1350 g/mol. The van der Waals surface area contributed by atoms with Gasteiger partial charge in [0.2, 0.25) is 65.0 Å². The van der Waals surface area contributed by atoms with E-state index in [1.165, 1.54) is 123 Å². The van der Waals surface area contributed by atoms with Crippen molar-refractivity contribution in [2.24, 2.45) is 35.5 Å². The number of carbonyl (C=O) groups excluding carboxylic acids is 11. The van der Waals surface area contributed by atoms with Crippen LogP contribution >= 0.6 is 11.8 Å². The quantitative estimate of drug-likeness (QED) is 0.0621. The molecular formula is C69H126N12O12S. The molecule has 94 heavy (non-hydrogen) atoms. The van der Waals surface area contributed by atoms with E-state index >= 15 is 28.8 Å². The fourth-order valence-electron chi connectivity index (χ4n) is 11.7. The molecule has 0 unspecified atom stereocenters. The second-order valence-corrected chi connectivity index (χ2v) is 30.3. The molecule has 0 aromatic heterocycles. The Bertz CT molecular complexity index is 2540. The molecule has 0 spiro atoms. The summed E-state index contributed by atoms with van der Waals surface area (Å²) in [6.45, 7) is 34.4. The van der Waals surface area contributed by atoms with Crippen LogP contribution in [-0.4, -0.2) is 250 Å². The first-order chi connectivity index (χ1) is 43.4. The number of amides is 11. The lowest BCUT2D eigenvalue weighted by Gasteiger charge is -2.41. The predicted octanol–water partition coefficient (Wildman–Crippen LogP) is 4.90. The molecule has 1 aliphatic heterocycles. The maximum Gasteiger partial charge on any atom is 0.246 e. The summed E-state index contributed by atoms with van der Waals surface area (Å²) < 4.78 is 0. The number of hydrogen-bond acceptors (Lipinski definition) is 14. The van der Waals surface area contributed by atoms with E-state index < -0.39 is 149 Å². The average molecular weight is 1350 g/mol. The second-order valence-electron chi connectivity index (χ2n) is 29.2. The number of carbonyl (C=O) groups is 11. The van der Waals surface area contributed by atoms with E-state index in [2.05, 4.69) is 26.6 Å². The molecule has 0 saturated carbocycles. The molecule has 1 rings (SSSR count). The van der Waals surface area contributed by atoms with Gasteiger partial charge in [-0.2, -0.15) is 11.8 Å². The molecule has 0 bridgehead atoms. The zero-order valence-electron chi connectivity index (χ0n) is 62.3. The van der Waals surface area contributed by atoms with Gasteiger partial charge in [0.05, 0.1) is 5.60 Å². The maximum atomic E-state index is 15.4. The standard InChI is InChI=1S/C69H126N12O12S/c1-27-29-31-46(15)37-51-60(84)73-49(28-2)63(87)80(25)55(39-94-33-30-32-70-45(13)14)66(90)79(24)54(38-69(18,19)93)61(85)74-56(43(9)10)67(91)75(20)50(34-40(3)4)59(83)71-47(16)58(82)72-48(17)62(86)77(22)52(35-41(5)6)64(88)78(23)53(36-42(7)8)65(89)81(26)57(44(11)12)68(92)76(51)21/h27,29,40-57,70,93H,28,30-39H2,1-26H3,(H,71,83)(H,72,82)(H,73,84)(H,74,85)/b29-27+/t46-,47-,48+,49-,50-,51-,52+,53-,54+,55-,56-,57-/m1/s1. The zero-order chi connectivity index (χ0) is 72.7. The van der Waals surface area contributed by atoms with Crippen LogP contribution in [0.25, 0.3) is 0 Å². The van der Waals surface area contributed by atoms with Crippen molar-refractivity contribution in [2.45, 2.75) is 261 Å². The van der Waals surface area contributed by atoms with Crippen molar-refractivity contribution < 1.29 is 57.8 Å². The van der Waals surface area contributed by atoms with E-state index in [-0.39, 0.29) is 74.0 Å². The zero-order valence-corrected chi connectivity index (χ0v) is 63.1. The minimum Gasteiger partial charge on any atom is -0.390 e. The van der Waals surface area contributed by atoms with Gasteiger partial charge < -0.3 is 66.0 Å². The fraction of sp³-hybridized carbons (Fsp3) is 0.812. The third-order valence-corrected chi connectivity index (χ3v) is 18.6. The van der Waals surface area contributed by atoms with E-state index in [1.807, 2.05) is 81.4 Å². The lowest BCUT2D eigenvalue weighted by molar-refractivity contribution is -0.156. The van der Waals surface area contributed by atoms with E-state index in [1.54, 1.807) is 34.6 Å². The van der Waals surface area contributed by atoms with Gasteiger partial charge in [0.25, 0.3) is 0 Å². The molecule has 6 N–H and O–H groups in total. The van der Waals surface area contributed by atoms with E-state index in [0.717, 1.165) is 6.42 Å². The Morgan fingerprint density at radius 1 is 0.500 bits per heavy atom. The Morgan fingerprint density at radius 2 is 0.926 bits per heavy atom. The van der Waals surface area contributed by atoms with Crippen LogP contribution in [0, 0.1) is 35.5 Å². The maximum absolute atomic E-state index is 15.4. The largest absolute Gasteiger partial charge is 0.390 e. The number of nitrogens with one attached hydrogen (secondary N) is 5. The molecule has 1 fully saturated rings. The van der Waals surface area contributed by atoms with Crippen molar-refractivity contribution >= 4 is 76.7 Å². The van der Waals surface area contributed by atoms with Gasteiger partial charge in [0.15, 0.2) is 0 Å². The molecule has 0 radical (unpaired) electrons. The third kappa shape index (κ3) is 26.3. The molecule has 0 aromatic rings. The second kappa shape index (κ2) is 40.0. The molecule has 1 heterocycles. The number of allylic oxidation sites excluding steroid dienone is 2. The van der Waals surface area contributed by atoms with Crippen LogP contribution < -0.4 is 26.6 Å². The van der Waals surface area contributed by atoms with E-state index in [0.29, 0.717) is 18.7 Å². The van der Waals surface area contributed by atoms with Gasteiger partial charge in [0.1, 0.15) is 66.5 Å². The number of rotatable bonds is 22. The van der Waals surface area contributed by atoms with Crippen molar-refractivity contribution in [3.8, 4) is 0 Å². The molecule has 0 aromatic carbocycles. The number of thioether (sulfide) groups is 1. The summed E-state index contributed by atoms with van der Waals surface area (Å²) in [7, 11) is 10.2. The molecule has 12 atom stereocenters. The minimum absolute atomic E-state index is 0.0606. The highest BCUT2D eigenvalue weighted by molar-refractivity contribution is 7.99. The Hall–Kier alpha value is -5.82. The van der Waals surface area contributed by atoms with Crippen LogP contribution in [0.1, 0.15) is 183 Å². The number of likely N-dealkylation sites (N-methyl/N-ethyl adjacent to an activating group) is 7. The normalized spacial score (nSPS) is 26.1. The summed E-state index contributed by atoms with van der Waals surface area (Å²) >= 11 is 1.42. The molecule has 1 saturated heterocycles. The minimum atomic E-state index is -1.56. The summed E-state index contributed by atoms with van der Waals surface area (Å²) in [5, 5.41) is 26.0. The van der Waals surface area contributed by atoms with Crippen molar-refractivity contribution in [2.75, 3.05) is 67.4 Å². The molecule has 1 aliphatic rings. The summed E-state index contributed by atoms with van der Waals surface area (Å²) in [5.41, 5.74) is -1.56. The topological polar surface area (TPSA) is 291 Å². The third-order valence-electron chi connectivity index (χ3n) is 17.5. The summed E-state index contributed by atoms with van der Waals surface area (Å²) in [6, 6.07) is -13.2. The SMILES string of the molecule is C/C=C/C[C@@H](C)C[C@@H]1C(=O)N[C@H](CC)C(=O)N(C)[C@H](CSCCCNC(C)C)C(=O)N(C)[C@@H](CC(C)(C)O)C(=O)N[C@H](C(C)C)C(=O)N(C)[C@H](CC(C)C)C(=O)N[C@H](C)C(=O)N[C@@H](C)C(=O)N(C)[C@@H](CC(C)C)C(=O)N(C)[C@H](CC(C)C)C(=O)N(C)[C@H](C(C)C)C(=O)N1C. The van der Waals surface area contributed by atoms with Crippen molar-refractivity contribution in [3.63, 3.8) is 0 Å². The first-order valence-electron chi connectivity index (χ1n) is 34.1. The lowest BCUT2D eigenvalue weighted by Crippen LogP contribution is -2.62. The van der Waals surface area contributed by atoms with Gasteiger partial charge in [-0.1, -0.05) is 109 Å². The number of aliphatic hydroxyl groups is 1. The highest BCUT2D eigenvalue weighted by Crippen LogP contribution is 2.27. The average Bonchev–Trinajstić information content (AvgIpc) is 0.890. The molecule has 540 valence electrons. The summed E-state index contributed by atoms with van der Waals surface area (Å²) in [5.74, 6) is -8.25. The van der Waals surface area contributed by atoms with Crippen LogP contribution in [0.4, 0.5) is 0 Å². The molecule has 11 amide bonds. The predicted molar refractivity (Wildman–Crippen MR) is 373 cm³/mol. The van der Waals surface area contributed by atoms with Crippen LogP contribution in [-0.2, 0) is 52.7 Å². The van der Waals surface area contributed by atoms with Crippen molar-refractivity contribution in [1.29, 1.82) is 0 Å². The van der Waals surface area contributed by atoms with Gasteiger partial charge in [0, 0.05) is 67.5 Å². The molecular weight excluding hydrogens is 1220 g/mol. The Kier molecular flexibility index (Phi) is 36.7. The first-order valence-corrected chi connectivity index (χ1v) is 35.3. The molecule has 24 nitrogen and oxygen atoms in total. The lowest BCUT2D eigenvalue weighted by atomic mass is 9.93. The fourth-order valence-corrected chi connectivity index (χ4v) is 12.8. The van der Waals surface area contributed by atoms with Crippen LogP contribution in [0.15, 0.2) is 12.2 Å². The highest BCUT2D eigenvalue weighted by atomic mass is 32.2. The van der Waals surface area contributed by atoms with Crippen molar-refractivity contribution in [1.82, 2.24) is 60.9 Å². The Morgan fingerprint density at radius 3 is 1.40 bits per heavy atom. The summed E-state index contributed by atoms with van der Waals surface area (Å²) in [4.78, 5) is 173. The first kappa shape index (κ1) is 86.2. The number of hydrogen-bond donors (Lipinski definition) is 6. The van der Waals surface area contributed by atoms with Crippen LogP contribution in [0.5, 0.6) is 0 Å². The van der Waals surface area contributed by atoms with Crippen molar-refractivity contribution in [3.05, 3.63) is 12.2 Å². The smallest absolute Gasteiger partial charge is 0.246 e. The summed E-state index contributed by atoms with van der Waals surface area (Å²) in [6.07, 6.45) is 5.48. The van der Waals surface area contributed by atoms with Crippen LogP contribution in [0.3, 0.4) is 0 Å². The van der Waals surface area contributed by atoms with E-state index in [9.17, 15) is 29.1 Å². The van der Waals surface area contributed by atoms with Crippen LogP contribution in [0.2, 0.25) is 0 Å².